The van der Waals surface area contributed by atoms with Crippen LogP contribution in [0, 0.1) is 11.8 Å². The largest absolute Gasteiger partial charge is 0.493 e. The Bertz CT molecular complexity index is 1660. The minimum Gasteiger partial charge on any atom is -0.493 e. The molecule has 0 aromatic heterocycles. The molecule has 2 aliphatic carbocycles. The highest BCUT2D eigenvalue weighted by molar-refractivity contribution is 7.90. The molecule has 1 saturated carbocycles. The number of hydrogen-bond donors (Lipinski definition) is 1. The van der Waals surface area contributed by atoms with E-state index in [0.29, 0.717) is 48.8 Å². The van der Waals surface area contributed by atoms with Gasteiger partial charge in [-0.1, -0.05) is 23.7 Å². The number of nitrogens with zero attached hydrogens (tertiary/aromatic N) is 2. The van der Waals surface area contributed by atoms with Gasteiger partial charge in [0.2, 0.25) is 0 Å². The molecule has 3 aromatic rings. The van der Waals surface area contributed by atoms with Gasteiger partial charge >= 0.3 is 6.03 Å². The Morgan fingerprint density at radius 3 is 2.71 bits per heavy atom. The molecule has 2 aliphatic heterocycles. The van der Waals surface area contributed by atoms with E-state index in [9.17, 15) is 13.2 Å². The first-order chi connectivity index (χ1) is 20.2. The van der Waals surface area contributed by atoms with Crippen molar-refractivity contribution in [1.29, 1.82) is 0 Å². The lowest BCUT2D eigenvalue weighted by atomic mass is 9.69. The topological polar surface area (TPSA) is 88.2 Å². The average Bonchev–Trinajstić information content (AvgIpc) is 3.11. The maximum absolute atomic E-state index is 13.5. The Kier molecular flexibility index (Phi) is 6.77. The van der Waals surface area contributed by atoms with Gasteiger partial charge in [0, 0.05) is 42.3 Å². The Hall–Kier alpha value is -3.43. The summed E-state index contributed by atoms with van der Waals surface area (Å²) >= 11 is 6.39. The third-order valence-electron chi connectivity index (χ3n) is 9.54. The number of ether oxygens (including phenoxy) is 2. The Labute approximate surface area is 251 Å². The predicted octanol–water partition coefficient (Wildman–Crippen LogP) is 5.77. The molecule has 10 heteroatoms. The van der Waals surface area contributed by atoms with Crippen LogP contribution in [0.5, 0.6) is 11.5 Å². The Morgan fingerprint density at radius 1 is 1.02 bits per heavy atom. The van der Waals surface area contributed by atoms with Crippen molar-refractivity contribution in [3.63, 3.8) is 0 Å². The zero-order chi connectivity index (χ0) is 29.1. The average molecular weight is 608 g/mol. The van der Waals surface area contributed by atoms with E-state index in [4.69, 9.17) is 21.1 Å². The van der Waals surface area contributed by atoms with Gasteiger partial charge in [-0.15, -0.1) is 0 Å². The number of rotatable bonds is 0. The first-order valence-corrected chi connectivity index (χ1v) is 16.4. The number of hydrogen-bond acceptors (Lipinski definition) is 6. The van der Waals surface area contributed by atoms with Crippen LogP contribution in [0.4, 0.5) is 16.2 Å². The summed E-state index contributed by atoms with van der Waals surface area (Å²) in [6.45, 7) is 2.53. The molecule has 0 saturated heterocycles. The lowest BCUT2D eigenvalue weighted by Crippen LogP contribution is -2.49. The minimum absolute atomic E-state index is 0.0257. The van der Waals surface area contributed by atoms with E-state index in [2.05, 4.69) is 21.8 Å². The molecule has 2 amide bonds. The molecule has 7 rings (SSSR count). The van der Waals surface area contributed by atoms with Gasteiger partial charge in [-0.25, -0.2) is 17.9 Å². The number of benzene rings is 3. The fraction of sp³-hybridized carbons (Fsp3) is 0.406. The molecule has 3 aromatic carbocycles. The van der Waals surface area contributed by atoms with E-state index in [0.717, 1.165) is 49.4 Å². The van der Waals surface area contributed by atoms with Crippen molar-refractivity contribution >= 4 is 39.0 Å². The minimum atomic E-state index is -4.16. The molecule has 1 fully saturated rings. The summed E-state index contributed by atoms with van der Waals surface area (Å²) in [5, 5.41) is 0.735. The molecule has 4 bridgehead atoms. The summed E-state index contributed by atoms with van der Waals surface area (Å²) in [5.74, 6) is 2.06. The zero-order valence-electron chi connectivity index (χ0n) is 23.5. The van der Waals surface area contributed by atoms with Crippen molar-refractivity contribution in [2.45, 2.75) is 42.4 Å². The van der Waals surface area contributed by atoms with E-state index >= 15 is 0 Å². The molecule has 1 N–H and O–H groups in total. The van der Waals surface area contributed by atoms with Crippen LogP contribution in [0.1, 0.15) is 36.8 Å². The summed E-state index contributed by atoms with van der Waals surface area (Å²) in [4.78, 5) is 16.7. The molecule has 1 spiro atoms. The molecule has 4 aliphatic rings. The molecule has 42 heavy (non-hydrogen) atoms. The highest BCUT2D eigenvalue weighted by atomic mass is 35.5. The monoisotopic (exact) mass is 607 g/mol. The molecule has 3 atom stereocenters. The summed E-state index contributed by atoms with van der Waals surface area (Å²) in [6.07, 6.45) is 5.12. The predicted molar refractivity (Wildman–Crippen MR) is 162 cm³/mol. The second-order valence-corrected chi connectivity index (χ2v) is 14.2. The molecule has 2 heterocycles. The second-order valence-electron chi connectivity index (χ2n) is 12.1. The van der Waals surface area contributed by atoms with E-state index in [-0.39, 0.29) is 10.3 Å². The van der Waals surface area contributed by atoms with Crippen molar-refractivity contribution in [3.05, 3.63) is 76.8 Å². The smallest absolute Gasteiger partial charge is 0.335 e. The first-order valence-electron chi connectivity index (χ1n) is 14.5. The number of amides is 2. The van der Waals surface area contributed by atoms with Crippen molar-refractivity contribution in [3.8, 4) is 11.5 Å². The van der Waals surface area contributed by atoms with Crippen LogP contribution < -0.4 is 24.0 Å². The number of nitrogens with one attached hydrogen (secondary N) is 1. The summed E-state index contributed by atoms with van der Waals surface area (Å²) < 4.78 is 42.0. The van der Waals surface area contributed by atoms with E-state index in [1.54, 1.807) is 30.3 Å². The maximum atomic E-state index is 13.5. The zero-order valence-corrected chi connectivity index (χ0v) is 25.1. The maximum Gasteiger partial charge on any atom is 0.335 e. The number of halogens is 1. The number of sulfonamides is 1. The second kappa shape index (κ2) is 10.4. The fourth-order valence-electron chi connectivity index (χ4n) is 6.99. The molecule has 220 valence electrons. The van der Waals surface area contributed by atoms with Crippen LogP contribution in [-0.4, -0.2) is 47.8 Å². The van der Waals surface area contributed by atoms with Gasteiger partial charge in [-0.05, 0) is 97.5 Å². The van der Waals surface area contributed by atoms with Gasteiger partial charge in [0.15, 0.2) is 0 Å². The van der Waals surface area contributed by atoms with Gasteiger partial charge in [-0.3, -0.25) is 4.90 Å². The molecule has 0 radical (unpaired) electrons. The Balaban J connectivity index is 1.31. The SMILES string of the molecule is CN1C(=O)NS(=O)(=O)c2ccc3c(c2)N(C[C@@H]2CC[C@H]2COc2cccc1c2)C[C@@]1(CCCc2cc(Cl)ccc21)CO3. The molecular formula is C32H34ClN3O5S. The third-order valence-corrected chi connectivity index (χ3v) is 11.1. The first kappa shape index (κ1) is 27.4. The van der Waals surface area contributed by atoms with E-state index in [1.165, 1.54) is 29.1 Å². The van der Waals surface area contributed by atoms with Crippen molar-refractivity contribution < 1.29 is 22.7 Å². The van der Waals surface area contributed by atoms with Gasteiger partial charge in [0.25, 0.3) is 10.0 Å². The van der Waals surface area contributed by atoms with Crippen molar-refractivity contribution in [2.24, 2.45) is 11.8 Å². The van der Waals surface area contributed by atoms with E-state index in [1.807, 2.05) is 12.1 Å². The van der Waals surface area contributed by atoms with Gasteiger partial charge < -0.3 is 14.4 Å². The van der Waals surface area contributed by atoms with Crippen LogP contribution in [0.25, 0.3) is 0 Å². The van der Waals surface area contributed by atoms with Gasteiger partial charge in [0.05, 0.1) is 23.8 Å². The third kappa shape index (κ3) is 4.86. The van der Waals surface area contributed by atoms with Crippen molar-refractivity contribution in [2.75, 3.05) is 43.2 Å². The standard InChI is InChI=1S/C32H34ClN3O5S/c1-35-25-5-2-6-26(15-25)40-18-23-8-7-22(23)17-36-19-32(13-3-4-21-14-24(33)9-11-28(21)32)20-41-30-12-10-27(16-29(30)36)42(38,39)34-31(35)37/h2,5-6,9-12,14-16,22-23H,3-4,7-8,13,17-20H2,1H3,(H,34,37)/t22-,23-,32-/m0/s1. The quantitative estimate of drug-likeness (QED) is 0.349. The molecule has 0 unspecified atom stereocenters. The van der Waals surface area contributed by atoms with E-state index < -0.39 is 16.1 Å². The normalized spacial score (nSPS) is 26.5. The lowest BCUT2D eigenvalue weighted by molar-refractivity contribution is 0.106. The summed E-state index contributed by atoms with van der Waals surface area (Å²) in [7, 11) is -2.63. The summed E-state index contributed by atoms with van der Waals surface area (Å²) in [5.41, 5.74) is 3.53. The highest BCUT2D eigenvalue weighted by Crippen LogP contribution is 2.46. The van der Waals surface area contributed by atoms with Crippen LogP contribution in [-0.2, 0) is 21.9 Å². The highest BCUT2D eigenvalue weighted by Gasteiger charge is 2.43. The number of carbonyl (C=O) groups is 1. The van der Waals surface area contributed by atoms with Crippen LogP contribution in [0.15, 0.2) is 65.6 Å². The number of anilines is 2. The fourth-order valence-corrected chi connectivity index (χ4v) is 8.18. The van der Waals surface area contributed by atoms with Gasteiger partial charge in [-0.2, -0.15) is 0 Å². The van der Waals surface area contributed by atoms with Crippen molar-refractivity contribution in [1.82, 2.24) is 4.72 Å². The number of carbonyl (C=O) groups excluding carboxylic acids is 1. The number of fused-ring (bicyclic) bond motifs is 6. The summed E-state index contributed by atoms with van der Waals surface area (Å²) in [6, 6.07) is 17.5. The van der Waals surface area contributed by atoms with Crippen LogP contribution in [0.2, 0.25) is 5.02 Å². The van der Waals surface area contributed by atoms with Crippen LogP contribution in [0.3, 0.4) is 0 Å². The molecule has 8 nitrogen and oxygen atoms in total. The van der Waals surface area contributed by atoms with Gasteiger partial charge in [0.1, 0.15) is 11.5 Å². The molecular weight excluding hydrogens is 574 g/mol. The Morgan fingerprint density at radius 2 is 1.88 bits per heavy atom. The number of aryl methyl sites for hydroxylation is 1. The number of urea groups is 1. The van der Waals surface area contributed by atoms with Crippen LogP contribution >= 0.6 is 11.6 Å². The lowest BCUT2D eigenvalue weighted by Gasteiger charge is -2.44.